The summed E-state index contributed by atoms with van der Waals surface area (Å²) in [5.74, 6) is -0.122. The maximum Gasteiger partial charge on any atom is 0.243 e. The summed E-state index contributed by atoms with van der Waals surface area (Å²) in [5, 5.41) is 2.71. The van der Waals surface area contributed by atoms with Gasteiger partial charge in [0.1, 0.15) is 0 Å². The van der Waals surface area contributed by atoms with Crippen LogP contribution in [0.2, 0.25) is 0 Å². The van der Waals surface area contributed by atoms with Crippen molar-refractivity contribution in [2.24, 2.45) is 0 Å². The molecule has 0 heterocycles. The van der Waals surface area contributed by atoms with Crippen LogP contribution in [0.3, 0.4) is 0 Å². The monoisotopic (exact) mass is 207 g/mol. The van der Waals surface area contributed by atoms with Crippen LogP contribution in [0, 0.1) is 0 Å². The zero-order valence-corrected chi connectivity index (χ0v) is 9.97. The molecule has 2 heteroatoms. The summed E-state index contributed by atoms with van der Waals surface area (Å²) in [6.07, 6.45) is 7.67. The number of rotatable bonds is 6. The van der Waals surface area contributed by atoms with Gasteiger partial charge in [0.05, 0.1) is 0 Å². The Morgan fingerprint density at radius 2 is 1.93 bits per heavy atom. The number of amides is 1. The van der Waals surface area contributed by atoms with Gasteiger partial charge in [0.2, 0.25) is 5.91 Å². The van der Waals surface area contributed by atoms with Gasteiger partial charge in [-0.1, -0.05) is 29.9 Å². The van der Waals surface area contributed by atoms with Crippen molar-refractivity contribution in [2.45, 2.75) is 33.6 Å². The number of hydrogen-bond acceptors (Lipinski definition) is 1. The smallest absolute Gasteiger partial charge is 0.243 e. The average Bonchev–Trinajstić information content (AvgIpc) is 2.17. The first kappa shape index (κ1) is 13.7. The van der Waals surface area contributed by atoms with Crippen LogP contribution in [0.5, 0.6) is 0 Å². The van der Waals surface area contributed by atoms with E-state index in [-0.39, 0.29) is 5.91 Å². The molecule has 0 aliphatic carbocycles. The Bertz CT molecular complexity index is 270. The second-order valence-corrected chi connectivity index (χ2v) is 3.82. The molecule has 0 radical (unpaired) electrons. The number of hydrogen-bond donors (Lipinski definition) is 1. The van der Waals surface area contributed by atoms with Crippen LogP contribution in [0.15, 0.2) is 36.0 Å². The number of nitrogens with one attached hydrogen (secondary N) is 1. The van der Waals surface area contributed by atoms with Gasteiger partial charge < -0.3 is 5.32 Å². The van der Waals surface area contributed by atoms with Crippen LogP contribution >= 0.6 is 0 Å². The fourth-order valence-electron chi connectivity index (χ4n) is 1.09. The van der Waals surface area contributed by atoms with Crippen molar-refractivity contribution in [1.29, 1.82) is 0 Å². The lowest BCUT2D eigenvalue weighted by Crippen LogP contribution is -2.20. The van der Waals surface area contributed by atoms with Crippen LogP contribution in [0.1, 0.15) is 33.6 Å². The predicted molar refractivity (Wildman–Crippen MR) is 65.6 cm³/mol. The molecule has 0 atom stereocenters. The quantitative estimate of drug-likeness (QED) is 0.526. The second-order valence-electron chi connectivity index (χ2n) is 3.82. The molecule has 0 aromatic heterocycles. The average molecular weight is 207 g/mol. The van der Waals surface area contributed by atoms with Gasteiger partial charge >= 0.3 is 0 Å². The molecule has 0 aromatic rings. The summed E-state index contributed by atoms with van der Waals surface area (Å²) >= 11 is 0. The van der Waals surface area contributed by atoms with E-state index in [0.29, 0.717) is 6.54 Å². The van der Waals surface area contributed by atoms with Crippen molar-refractivity contribution in [2.75, 3.05) is 6.54 Å². The van der Waals surface area contributed by atoms with Gasteiger partial charge in [0.25, 0.3) is 0 Å². The highest BCUT2D eigenvalue weighted by Crippen LogP contribution is 2.05. The Morgan fingerprint density at radius 3 is 2.47 bits per heavy atom. The number of carbonyl (C=O) groups is 1. The van der Waals surface area contributed by atoms with Crippen molar-refractivity contribution >= 4 is 5.91 Å². The van der Waals surface area contributed by atoms with E-state index >= 15 is 0 Å². The van der Waals surface area contributed by atoms with Gasteiger partial charge in [0.15, 0.2) is 0 Å². The van der Waals surface area contributed by atoms with Crippen molar-refractivity contribution < 1.29 is 4.79 Å². The normalized spacial score (nSPS) is 10.7. The third-order valence-electron chi connectivity index (χ3n) is 2.00. The first-order valence-electron chi connectivity index (χ1n) is 5.25. The molecule has 0 saturated heterocycles. The summed E-state index contributed by atoms with van der Waals surface area (Å²) < 4.78 is 0. The van der Waals surface area contributed by atoms with Crippen LogP contribution in [0.25, 0.3) is 0 Å². The van der Waals surface area contributed by atoms with E-state index in [2.05, 4.69) is 38.7 Å². The lowest BCUT2D eigenvalue weighted by atomic mass is 10.1. The van der Waals surface area contributed by atoms with Crippen LogP contribution in [0.4, 0.5) is 0 Å². The molecule has 15 heavy (non-hydrogen) atoms. The van der Waals surface area contributed by atoms with Gasteiger partial charge in [-0.05, 0) is 39.7 Å². The largest absolute Gasteiger partial charge is 0.349 e. The molecule has 84 valence electrons. The SMILES string of the molecule is C=CC(=O)NC/C=C(\C)CCC=C(C)C. The Kier molecular flexibility index (Phi) is 7.33. The fraction of sp³-hybridized carbons (Fsp3) is 0.462. The minimum Gasteiger partial charge on any atom is -0.349 e. The molecular weight excluding hydrogens is 186 g/mol. The molecule has 0 saturated carbocycles. The van der Waals surface area contributed by atoms with Gasteiger partial charge in [-0.3, -0.25) is 4.79 Å². The molecule has 0 unspecified atom stereocenters. The molecule has 0 aromatic carbocycles. The third-order valence-corrected chi connectivity index (χ3v) is 2.00. The van der Waals surface area contributed by atoms with Gasteiger partial charge in [-0.15, -0.1) is 0 Å². The van der Waals surface area contributed by atoms with Crippen LogP contribution in [-0.4, -0.2) is 12.5 Å². The van der Waals surface area contributed by atoms with Gasteiger partial charge in [0, 0.05) is 6.54 Å². The van der Waals surface area contributed by atoms with E-state index in [0.717, 1.165) is 12.8 Å². The van der Waals surface area contributed by atoms with Gasteiger partial charge in [-0.2, -0.15) is 0 Å². The van der Waals surface area contributed by atoms with Crippen molar-refractivity contribution in [3.05, 3.63) is 36.0 Å². The van der Waals surface area contributed by atoms with E-state index in [4.69, 9.17) is 0 Å². The van der Waals surface area contributed by atoms with E-state index < -0.39 is 0 Å². The van der Waals surface area contributed by atoms with E-state index in [1.807, 2.05) is 6.08 Å². The van der Waals surface area contributed by atoms with Crippen molar-refractivity contribution in [1.82, 2.24) is 5.32 Å². The molecule has 1 N–H and O–H groups in total. The first-order chi connectivity index (χ1) is 7.06. The maximum absolute atomic E-state index is 10.8. The lowest BCUT2D eigenvalue weighted by Gasteiger charge is -2.00. The van der Waals surface area contributed by atoms with Gasteiger partial charge in [-0.25, -0.2) is 0 Å². The summed E-state index contributed by atoms with van der Waals surface area (Å²) in [5.41, 5.74) is 2.65. The second kappa shape index (κ2) is 8.04. The lowest BCUT2D eigenvalue weighted by molar-refractivity contribution is -0.116. The van der Waals surface area contributed by atoms with E-state index in [1.54, 1.807) is 0 Å². The van der Waals surface area contributed by atoms with Crippen LogP contribution in [-0.2, 0) is 4.79 Å². The standard InChI is InChI=1S/C13H21NO/c1-5-13(15)14-10-9-12(4)8-6-7-11(2)3/h5,7,9H,1,6,8,10H2,2-4H3,(H,14,15)/b12-9+. The Morgan fingerprint density at radius 1 is 1.27 bits per heavy atom. The molecule has 0 bridgehead atoms. The minimum atomic E-state index is -0.122. The van der Waals surface area contributed by atoms with Crippen molar-refractivity contribution in [3.63, 3.8) is 0 Å². The molecule has 0 aliphatic rings. The first-order valence-corrected chi connectivity index (χ1v) is 5.25. The van der Waals surface area contributed by atoms with Crippen LogP contribution < -0.4 is 5.32 Å². The summed E-state index contributed by atoms with van der Waals surface area (Å²) in [6, 6.07) is 0. The van der Waals surface area contributed by atoms with E-state index in [9.17, 15) is 4.79 Å². The zero-order valence-electron chi connectivity index (χ0n) is 9.97. The Labute approximate surface area is 92.8 Å². The highest BCUT2D eigenvalue weighted by Gasteiger charge is 1.91. The molecular formula is C13H21NO. The topological polar surface area (TPSA) is 29.1 Å². The third kappa shape index (κ3) is 9.01. The molecule has 2 nitrogen and oxygen atoms in total. The molecule has 0 spiro atoms. The Balaban J connectivity index is 3.74. The molecule has 1 amide bonds. The zero-order chi connectivity index (χ0) is 11.7. The van der Waals surface area contributed by atoms with E-state index in [1.165, 1.54) is 17.2 Å². The van der Waals surface area contributed by atoms with Crippen molar-refractivity contribution in [3.8, 4) is 0 Å². The summed E-state index contributed by atoms with van der Waals surface area (Å²) in [4.78, 5) is 10.8. The summed E-state index contributed by atoms with van der Waals surface area (Å²) in [7, 11) is 0. The predicted octanol–water partition coefficient (Wildman–Crippen LogP) is 2.98. The number of carbonyl (C=O) groups excluding carboxylic acids is 1. The molecule has 0 rings (SSSR count). The fourth-order valence-corrected chi connectivity index (χ4v) is 1.09. The highest BCUT2D eigenvalue weighted by atomic mass is 16.1. The highest BCUT2D eigenvalue weighted by molar-refractivity contribution is 5.86. The molecule has 0 fully saturated rings. The molecule has 0 aliphatic heterocycles. The Hall–Kier alpha value is -1.31. The minimum absolute atomic E-state index is 0.122. The number of allylic oxidation sites excluding steroid dienone is 3. The maximum atomic E-state index is 10.8. The summed E-state index contributed by atoms with van der Waals surface area (Å²) in [6.45, 7) is 10.3.